The molecule has 1 saturated heterocycles. The highest BCUT2D eigenvalue weighted by atomic mass is 79.9. The molecule has 28 heavy (non-hydrogen) atoms. The van der Waals surface area contributed by atoms with Crippen molar-refractivity contribution in [2.24, 2.45) is 0 Å². The van der Waals surface area contributed by atoms with Gasteiger partial charge in [0.05, 0.1) is 12.0 Å². The van der Waals surface area contributed by atoms with Gasteiger partial charge in [-0.25, -0.2) is 13.2 Å². The molecule has 1 aliphatic rings. The molecule has 2 amide bonds. The molecule has 0 saturated carbocycles. The van der Waals surface area contributed by atoms with Crippen molar-refractivity contribution in [3.63, 3.8) is 0 Å². The van der Waals surface area contributed by atoms with Gasteiger partial charge in [-0.3, -0.25) is 0 Å². The molecule has 0 unspecified atom stereocenters. The molecule has 3 rings (SSSR count). The lowest BCUT2D eigenvalue weighted by molar-refractivity contribution is 0.172. The van der Waals surface area contributed by atoms with Gasteiger partial charge in [0.1, 0.15) is 5.75 Å². The van der Waals surface area contributed by atoms with E-state index in [9.17, 15) is 13.2 Å². The van der Waals surface area contributed by atoms with Crippen LogP contribution in [0.1, 0.15) is 5.56 Å². The minimum atomic E-state index is -3.57. The number of hydrogen-bond acceptors (Lipinski definition) is 4. The molecule has 1 fully saturated rings. The number of benzene rings is 2. The molecule has 150 valence electrons. The van der Waals surface area contributed by atoms with E-state index in [-0.39, 0.29) is 24.0 Å². The normalized spacial score (nSPS) is 15.3. The molecule has 0 atom stereocenters. The van der Waals surface area contributed by atoms with Crippen LogP contribution < -0.4 is 10.1 Å². The fourth-order valence-electron chi connectivity index (χ4n) is 2.98. The third-order valence-electron chi connectivity index (χ3n) is 4.54. The molecule has 1 N–H and O–H groups in total. The molecule has 7 nitrogen and oxygen atoms in total. The number of carbonyl (C=O) groups excluding carboxylic acids is 1. The first-order valence-corrected chi connectivity index (χ1v) is 11.0. The summed E-state index contributed by atoms with van der Waals surface area (Å²) in [6.07, 6.45) is 0. The van der Waals surface area contributed by atoms with E-state index in [0.717, 1.165) is 11.3 Å². The summed E-state index contributed by atoms with van der Waals surface area (Å²) in [6, 6.07) is 13.9. The number of rotatable bonds is 5. The van der Waals surface area contributed by atoms with Crippen molar-refractivity contribution in [2.75, 3.05) is 33.3 Å². The van der Waals surface area contributed by atoms with Gasteiger partial charge in [-0.15, -0.1) is 0 Å². The highest BCUT2D eigenvalue weighted by Crippen LogP contribution is 2.21. The van der Waals surface area contributed by atoms with Gasteiger partial charge in [-0.05, 0) is 35.9 Å². The Balaban J connectivity index is 1.55. The molecule has 0 radical (unpaired) electrons. The number of ether oxygens (including phenoxy) is 1. The van der Waals surface area contributed by atoms with Gasteiger partial charge in [0.25, 0.3) is 0 Å². The summed E-state index contributed by atoms with van der Waals surface area (Å²) in [5.74, 6) is 0.734. The van der Waals surface area contributed by atoms with Crippen LogP contribution in [-0.2, 0) is 16.6 Å². The summed E-state index contributed by atoms with van der Waals surface area (Å²) in [5, 5.41) is 2.87. The van der Waals surface area contributed by atoms with E-state index in [1.807, 2.05) is 24.3 Å². The lowest BCUT2D eigenvalue weighted by Crippen LogP contribution is -2.52. The Kier molecular flexibility index (Phi) is 6.58. The van der Waals surface area contributed by atoms with Crippen LogP contribution in [0.3, 0.4) is 0 Å². The number of piperazine rings is 1. The average Bonchev–Trinajstić information content (AvgIpc) is 2.72. The molecular weight excluding hydrogens is 446 g/mol. The average molecular weight is 468 g/mol. The third-order valence-corrected chi connectivity index (χ3v) is 6.93. The number of urea groups is 1. The number of methoxy groups -OCH3 is 1. The first-order valence-electron chi connectivity index (χ1n) is 8.81. The Morgan fingerprint density at radius 1 is 1.11 bits per heavy atom. The summed E-state index contributed by atoms with van der Waals surface area (Å²) in [5.41, 5.74) is 0.934. The lowest BCUT2D eigenvalue weighted by atomic mass is 10.2. The van der Waals surface area contributed by atoms with Crippen molar-refractivity contribution in [2.45, 2.75) is 11.4 Å². The molecule has 1 aliphatic heterocycles. The van der Waals surface area contributed by atoms with Crippen molar-refractivity contribution in [1.29, 1.82) is 0 Å². The minimum Gasteiger partial charge on any atom is -0.497 e. The zero-order chi connectivity index (χ0) is 20.1. The van der Waals surface area contributed by atoms with E-state index in [1.54, 1.807) is 36.3 Å². The van der Waals surface area contributed by atoms with Crippen molar-refractivity contribution in [3.8, 4) is 5.75 Å². The third kappa shape index (κ3) is 4.84. The quantitative estimate of drug-likeness (QED) is 0.732. The van der Waals surface area contributed by atoms with E-state index in [2.05, 4.69) is 21.2 Å². The number of nitrogens with zero attached hydrogens (tertiary/aromatic N) is 2. The molecule has 1 heterocycles. The first kappa shape index (κ1) is 20.6. The monoisotopic (exact) mass is 467 g/mol. The predicted octanol–water partition coefficient (Wildman–Crippen LogP) is 2.67. The fourth-order valence-corrected chi connectivity index (χ4v) is 5.00. The van der Waals surface area contributed by atoms with Gasteiger partial charge >= 0.3 is 6.03 Å². The highest BCUT2D eigenvalue weighted by Gasteiger charge is 2.30. The van der Waals surface area contributed by atoms with E-state index >= 15 is 0 Å². The summed E-state index contributed by atoms with van der Waals surface area (Å²) < 4.78 is 32.8. The number of hydrogen-bond donors (Lipinski definition) is 1. The molecule has 0 aliphatic carbocycles. The molecule has 0 spiro atoms. The molecule has 9 heteroatoms. The van der Waals surface area contributed by atoms with Gasteiger partial charge in [0, 0.05) is 37.2 Å². The molecule has 2 aromatic rings. The zero-order valence-corrected chi connectivity index (χ0v) is 17.9. The highest BCUT2D eigenvalue weighted by molar-refractivity contribution is 9.10. The Morgan fingerprint density at radius 3 is 2.50 bits per heavy atom. The second kappa shape index (κ2) is 8.93. The van der Waals surface area contributed by atoms with E-state index in [0.29, 0.717) is 24.1 Å². The van der Waals surface area contributed by atoms with Crippen molar-refractivity contribution >= 4 is 32.0 Å². The molecule has 2 aromatic carbocycles. The summed E-state index contributed by atoms with van der Waals surface area (Å²) in [6.45, 7) is 1.60. The minimum absolute atomic E-state index is 0.206. The van der Waals surface area contributed by atoms with Crippen LogP contribution in [0.5, 0.6) is 5.75 Å². The maximum Gasteiger partial charge on any atom is 0.317 e. The van der Waals surface area contributed by atoms with Crippen LogP contribution in [0.4, 0.5) is 4.79 Å². The van der Waals surface area contributed by atoms with E-state index in [4.69, 9.17) is 4.74 Å². The summed E-state index contributed by atoms with van der Waals surface area (Å²) in [4.78, 5) is 14.3. The lowest BCUT2D eigenvalue weighted by Gasteiger charge is -2.34. The zero-order valence-electron chi connectivity index (χ0n) is 15.5. The predicted molar refractivity (Wildman–Crippen MR) is 110 cm³/mol. The van der Waals surface area contributed by atoms with Crippen LogP contribution in [-0.4, -0.2) is 56.9 Å². The fraction of sp³-hybridized carbons (Fsp3) is 0.316. The molecular formula is C19H22BrN3O4S. The van der Waals surface area contributed by atoms with Crippen molar-refractivity contribution < 1.29 is 17.9 Å². The van der Waals surface area contributed by atoms with E-state index < -0.39 is 10.0 Å². The Labute approximate surface area is 173 Å². The van der Waals surface area contributed by atoms with Crippen LogP contribution >= 0.6 is 15.9 Å². The second-order valence-corrected chi connectivity index (χ2v) is 9.21. The standard InChI is InChI=1S/C19H22BrN3O4S/c1-27-17-6-2-4-15(12-17)14-21-19(24)22-8-10-23(11-9-22)28(25,26)18-7-3-5-16(20)13-18/h2-7,12-13H,8-11,14H2,1H3,(H,21,24). The Hall–Kier alpha value is -2.10. The van der Waals surface area contributed by atoms with Gasteiger partial charge < -0.3 is 15.0 Å². The smallest absolute Gasteiger partial charge is 0.317 e. The number of nitrogens with one attached hydrogen (secondary N) is 1. The van der Waals surface area contributed by atoms with Crippen LogP contribution in [0, 0.1) is 0 Å². The first-order chi connectivity index (χ1) is 13.4. The number of carbonyl (C=O) groups is 1. The van der Waals surface area contributed by atoms with Crippen LogP contribution in [0.25, 0.3) is 0 Å². The van der Waals surface area contributed by atoms with Crippen molar-refractivity contribution in [1.82, 2.24) is 14.5 Å². The molecule has 0 bridgehead atoms. The largest absolute Gasteiger partial charge is 0.497 e. The van der Waals surface area contributed by atoms with Crippen LogP contribution in [0.2, 0.25) is 0 Å². The number of amides is 2. The van der Waals surface area contributed by atoms with Crippen LogP contribution in [0.15, 0.2) is 57.9 Å². The number of sulfonamides is 1. The van der Waals surface area contributed by atoms with E-state index in [1.165, 1.54) is 4.31 Å². The van der Waals surface area contributed by atoms with Gasteiger partial charge in [-0.1, -0.05) is 34.1 Å². The second-order valence-electron chi connectivity index (χ2n) is 6.36. The van der Waals surface area contributed by atoms with Gasteiger partial charge in [0.15, 0.2) is 0 Å². The topological polar surface area (TPSA) is 79.0 Å². The SMILES string of the molecule is COc1cccc(CNC(=O)N2CCN(S(=O)(=O)c3cccc(Br)c3)CC2)c1. The summed E-state index contributed by atoms with van der Waals surface area (Å²) in [7, 11) is -1.97. The summed E-state index contributed by atoms with van der Waals surface area (Å²) >= 11 is 3.30. The van der Waals surface area contributed by atoms with Crippen molar-refractivity contribution in [3.05, 3.63) is 58.6 Å². The molecule has 0 aromatic heterocycles. The maximum atomic E-state index is 12.8. The number of halogens is 1. The Bertz CT molecular complexity index is 944. The maximum absolute atomic E-state index is 12.8. The van der Waals surface area contributed by atoms with Gasteiger partial charge in [-0.2, -0.15) is 4.31 Å². The Morgan fingerprint density at radius 2 is 1.82 bits per heavy atom. The van der Waals surface area contributed by atoms with Gasteiger partial charge in [0.2, 0.25) is 10.0 Å².